The molecule has 1 fully saturated rings. The van der Waals surface area contributed by atoms with Crippen LogP contribution in [-0.2, 0) is 0 Å². The third kappa shape index (κ3) is 3.42. The van der Waals surface area contributed by atoms with Crippen molar-refractivity contribution in [1.82, 2.24) is 15.3 Å². The van der Waals surface area contributed by atoms with Crippen molar-refractivity contribution in [2.24, 2.45) is 0 Å². The van der Waals surface area contributed by atoms with Crippen LogP contribution in [0.25, 0.3) is 10.9 Å². The van der Waals surface area contributed by atoms with Gasteiger partial charge in [0, 0.05) is 35.9 Å². The number of anilines is 4. The molecular weight excluding hydrogens is 350 g/mol. The first-order chi connectivity index (χ1) is 13.6. The summed E-state index contributed by atoms with van der Waals surface area (Å²) in [7, 11) is 2.00. The first-order valence-corrected chi connectivity index (χ1v) is 9.34. The summed E-state index contributed by atoms with van der Waals surface area (Å²) in [5.41, 5.74) is 9.68. The molecular formula is C21H23N7. The number of benzene rings is 2. The van der Waals surface area contributed by atoms with Gasteiger partial charge in [-0.1, -0.05) is 12.1 Å². The highest BCUT2D eigenvalue weighted by Crippen LogP contribution is 2.31. The van der Waals surface area contributed by atoms with Gasteiger partial charge in [-0.3, -0.25) is 0 Å². The number of aryl methyl sites for hydroxylation is 1. The van der Waals surface area contributed by atoms with Gasteiger partial charge < -0.3 is 21.3 Å². The van der Waals surface area contributed by atoms with Crippen molar-refractivity contribution in [3.8, 4) is 6.07 Å². The van der Waals surface area contributed by atoms with Crippen LogP contribution in [0, 0.1) is 18.3 Å². The number of likely N-dealkylation sites (N-methyl/N-ethyl adjacent to an activating group) is 1. The molecule has 0 spiro atoms. The highest BCUT2D eigenvalue weighted by molar-refractivity contribution is 5.93. The van der Waals surface area contributed by atoms with Gasteiger partial charge in [0.05, 0.1) is 17.1 Å². The maximum atomic E-state index is 9.18. The molecule has 1 aliphatic rings. The number of nitriles is 1. The smallest absolute Gasteiger partial charge is 0.229 e. The molecule has 0 amide bonds. The summed E-state index contributed by atoms with van der Waals surface area (Å²) in [6, 6.07) is 13.8. The van der Waals surface area contributed by atoms with Crippen LogP contribution in [-0.4, -0.2) is 36.1 Å². The third-order valence-corrected chi connectivity index (χ3v) is 5.15. The molecule has 0 radical (unpaired) electrons. The topological polar surface area (TPSA) is 103 Å². The Hall–Kier alpha value is -3.37. The fourth-order valence-electron chi connectivity index (χ4n) is 3.72. The van der Waals surface area contributed by atoms with E-state index in [0.717, 1.165) is 41.8 Å². The lowest BCUT2D eigenvalue weighted by atomic mass is 10.1. The number of nitrogens with one attached hydrogen (secondary N) is 2. The zero-order valence-electron chi connectivity index (χ0n) is 16.0. The lowest BCUT2D eigenvalue weighted by molar-refractivity contribution is 0.616. The molecule has 1 saturated heterocycles. The van der Waals surface area contributed by atoms with Gasteiger partial charge in [0.15, 0.2) is 0 Å². The Morgan fingerprint density at radius 2 is 2.11 bits per heavy atom. The fourth-order valence-corrected chi connectivity index (χ4v) is 3.72. The summed E-state index contributed by atoms with van der Waals surface area (Å²) in [6.45, 7) is 3.94. The first kappa shape index (κ1) is 18.0. The molecule has 1 aliphatic heterocycles. The Morgan fingerprint density at radius 3 is 2.86 bits per heavy atom. The zero-order valence-corrected chi connectivity index (χ0v) is 16.0. The molecule has 7 nitrogen and oxygen atoms in total. The van der Waals surface area contributed by atoms with Gasteiger partial charge in [-0.25, -0.2) is 4.98 Å². The van der Waals surface area contributed by atoms with Gasteiger partial charge in [0.1, 0.15) is 5.82 Å². The van der Waals surface area contributed by atoms with Crippen LogP contribution in [0.3, 0.4) is 0 Å². The predicted molar refractivity (Wildman–Crippen MR) is 113 cm³/mol. The molecule has 28 heavy (non-hydrogen) atoms. The Morgan fingerprint density at radius 1 is 1.25 bits per heavy atom. The van der Waals surface area contributed by atoms with Crippen molar-refractivity contribution in [1.29, 1.82) is 5.26 Å². The second kappa shape index (κ2) is 7.33. The van der Waals surface area contributed by atoms with Crippen LogP contribution in [0.2, 0.25) is 0 Å². The molecule has 2 aromatic carbocycles. The number of aromatic nitrogens is 2. The molecule has 0 saturated carbocycles. The van der Waals surface area contributed by atoms with Crippen LogP contribution in [0.4, 0.5) is 23.1 Å². The van der Waals surface area contributed by atoms with E-state index in [-0.39, 0.29) is 0 Å². The average Bonchev–Trinajstić information content (AvgIpc) is 3.16. The third-order valence-electron chi connectivity index (χ3n) is 5.15. The lowest BCUT2D eigenvalue weighted by Crippen LogP contribution is -2.30. The Balaban J connectivity index is 1.78. The molecule has 2 heterocycles. The van der Waals surface area contributed by atoms with Crippen molar-refractivity contribution in [3.63, 3.8) is 0 Å². The van der Waals surface area contributed by atoms with Gasteiger partial charge in [-0.2, -0.15) is 10.2 Å². The van der Waals surface area contributed by atoms with Gasteiger partial charge in [-0.15, -0.1) is 0 Å². The molecule has 1 unspecified atom stereocenters. The number of nitrogens with two attached hydrogens (primary N) is 1. The molecule has 0 aliphatic carbocycles. The maximum Gasteiger partial charge on any atom is 0.229 e. The minimum Gasteiger partial charge on any atom is -0.399 e. The van der Waals surface area contributed by atoms with Crippen LogP contribution in [0.15, 0.2) is 36.4 Å². The minimum absolute atomic E-state index is 0.456. The van der Waals surface area contributed by atoms with Gasteiger partial charge >= 0.3 is 0 Å². The van der Waals surface area contributed by atoms with Crippen molar-refractivity contribution in [2.75, 3.05) is 36.1 Å². The van der Waals surface area contributed by atoms with E-state index in [9.17, 15) is 5.26 Å². The minimum atomic E-state index is 0.456. The van der Waals surface area contributed by atoms with E-state index in [0.29, 0.717) is 28.9 Å². The Kier molecular flexibility index (Phi) is 4.72. The summed E-state index contributed by atoms with van der Waals surface area (Å²) in [5, 5.41) is 16.8. The Labute approximate surface area is 164 Å². The predicted octanol–water partition coefficient (Wildman–Crippen LogP) is 2.93. The van der Waals surface area contributed by atoms with E-state index < -0.39 is 0 Å². The van der Waals surface area contributed by atoms with Gasteiger partial charge in [0.25, 0.3) is 0 Å². The molecule has 0 bridgehead atoms. The molecule has 142 valence electrons. The van der Waals surface area contributed by atoms with Crippen LogP contribution >= 0.6 is 0 Å². The van der Waals surface area contributed by atoms with Crippen molar-refractivity contribution < 1.29 is 0 Å². The highest BCUT2D eigenvalue weighted by Gasteiger charge is 2.25. The monoisotopic (exact) mass is 373 g/mol. The summed E-state index contributed by atoms with van der Waals surface area (Å²) < 4.78 is 0. The molecule has 4 N–H and O–H groups in total. The van der Waals surface area contributed by atoms with E-state index in [1.807, 2.05) is 19.2 Å². The summed E-state index contributed by atoms with van der Waals surface area (Å²) in [5.74, 6) is 1.43. The number of nitrogens with zero attached hydrogens (tertiary/aromatic N) is 4. The average molecular weight is 373 g/mol. The van der Waals surface area contributed by atoms with E-state index in [1.54, 1.807) is 18.2 Å². The van der Waals surface area contributed by atoms with Crippen molar-refractivity contribution >= 4 is 34.0 Å². The van der Waals surface area contributed by atoms with E-state index >= 15 is 0 Å². The van der Waals surface area contributed by atoms with Gasteiger partial charge in [-0.05, 0) is 50.2 Å². The lowest BCUT2D eigenvalue weighted by Gasteiger charge is -2.21. The fraction of sp³-hybridized carbons (Fsp3) is 0.286. The van der Waals surface area contributed by atoms with E-state index in [1.165, 1.54) is 0 Å². The number of hydrogen-bond acceptors (Lipinski definition) is 7. The maximum absolute atomic E-state index is 9.18. The quantitative estimate of drug-likeness (QED) is 0.604. The largest absolute Gasteiger partial charge is 0.399 e. The van der Waals surface area contributed by atoms with Crippen LogP contribution in [0.5, 0.6) is 0 Å². The van der Waals surface area contributed by atoms with E-state index in [2.05, 4.69) is 34.6 Å². The number of rotatable bonds is 4. The molecule has 4 rings (SSSR count). The molecule has 7 heteroatoms. The number of fused-ring (bicyclic) bond motifs is 1. The molecule has 1 atom stereocenters. The molecule has 1 aromatic heterocycles. The first-order valence-electron chi connectivity index (χ1n) is 9.34. The normalized spacial score (nSPS) is 16.3. The van der Waals surface area contributed by atoms with Crippen molar-refractivity contribution in [3.05, 3.63) is 47.5 Å². The van der Waals surface area contributed by atoms with Gasteiger partial charge in [0.2, 0.25) is 5.95 Å². The number of nitrogen functional groups attached to an aromatic ring is 1. The van der Waals surface area contributed by atoms with E-state index in [4.69, 9.17) is 15.7 Å². The van der Waals surface area contributed by atoms with Crippen LogP contribution < -0.4 is 21.3 Å². The zero-order chi connectivity index (χ0) is 19.7. The highest BCUT2D eigenvalue weighted by atomic mass is 15.3. The van der Waals surface area contributed by atoms with Crippen molar-refractivity contribution in [2.45, 2.75) is 19.4 Å². The second-order valence-corrected chi connectivity index (χ2v) is 7.14. The number of hydrogen-bond donors (Lipinski definition) is 3. The summed E-state index contributed by atoms with van der Waals surface area (Å²) >= 11 is 0. The summed E-state index contributed by atoms with van der Waals surface area (Å²) in [6.07, 6.45) is 1.08. The Bertz CT molecular complexity index is 1070. The molecule has 3 aromatic rings. The SMILES string of the molecule is CNC1CCN(c2nc(Nc3cc(N)cc(C#N)c3)nc3cccc(C)c23)C1. The standard InChI is InChI=1S/C21H23N7/c1-13-4-3-5-18-19(13)20(28-7-6-16(12-28)24-2)27-21(26-18)25-17-9-14(11-22)8-15(23)10-17/h3-5,8-10,16,24H,6-7,12,23H2,1-2H3,(H,25,26,27). The second-order valence-electron chi connectivity index (χ2n) is 7.14. The van der Waals surface area contributed by atoms with Crippen LogP contribution in [0.1, 0.15) is 17.5 Å². The summed E-state index contributed by atoms with van der Waals surface area (Å²) in [4.78, 5) is 11.9.